The minimum absolute atomic E-state index is 0.339. The number of hydrogen-bond acceptors (Lipinski definition) is 1. The number of carbonyl (C=O) groups is 1. The lowest BCUT2D eigenvalue weighted by atomic mass is 10.1. The smallest absolute Gasteiger partial charge is 0.276 e. The number of rotatable bonds is 1. The van der Waals surface area contributed by atoms with Crippen LogP contribution in [0.4, 0.5) is 17.6 Å². The average Bonchev–Trinajstić information content (AvgIpc) is 1.99. The molecule has 0 aromatic heterocycles. The molecule has 0 spiro atoms. The summed E-state index contributed by atoms with van der Waals surface area (Å²) in [6.45, 7) is 0. The van der Waals surface area contributed by atoms with Crippen molar-refractivity contribution < 1.29 is 22.4 Å². The van der Waals surface area contributed by atoms with Gasteiger partial charge in [0.15, 0.2) is 0 Å². The van der Waals surface area contributed by atoms with Gasteiger partial charge in [0.25, 0.3) is 5.24 Å². The fourth-order valence-corrected chi connectivity index (χ4v) is 1.73. The highest BCUT2D eigenvalue weighted by Crippen LogP contribution is 2.37. The van der Waals surface area contributed by atoms with Crippen LogP contribution in [-0.4, -0.2) is 5.24 Å². The Bertz CT molecular complexity index is 393. The standard InChI is InChI=1S/C8H2BrClF4O/c9-4-1-3(7(10)15)2-5(11)6(4)8(12,13)14/h1-2H. The summed E-state index contributed by atoms with van der Waals surface area (Å²) < 4.78 is 49.2. The molecule has 0 heterocycles. The fourth-order valence-electron chi connectivity index (χ4n) is 0.957. The van der Waals surface area contributed by atoms with Gasteiger partial charge in [-0.25, -0.2) is 4.39 Å². The third-order valence-electron chi connectivity index (χ3n) is 1.55. The van der Waals surface area contributed by atoms with Gasteiger partial charge in [-0.3, -0.25) is 4.79 Å². The Morgan fingerprint density at radius 3 is 2.20 bits per heavy atom. The molecule has 1 nitrogen and oxygen atoms in total. The van der Waals surface area contributed by atoms with Crippen LogP contribution in [0, 0.1) is 5.82 Å². The molecule has 0 bridgehead atoms. The topological polar surface area (TPSA) is 17.1 Å². The molecule has 0 aliphatic heterocycles. The largest absolute Gasteiger partial charge is 0.420 e. The van der Waals surface area contributed by atoms with E-state index in [0.717, 1.165) is 6.07 Å². The van der Waals surface area contributed by atoms with Crippen molar-refractivity contribution in [1.82, 2.24) is 0 Å². The van der Waals surface area contributed by atoms with Crippen molar-refractivity contribution in [3.05, 3.63) is 33.5 Å². The minimum atomic E-state index is -4.82. The van der Waals surface area contributed by atoms with Gasteiger partial charge < -0.3 is 0 Å². The third kappa shape index (κ3) is 2.69. The molecule has 1 aromatic rings. The van der Waals surface area contributed by atoms with E-state index in [1.807, 2.05) is 0 Å². The lowest BCUT2D eigenvalue weighted by Crippen LogP contribution is -2.10. The molecule has 0 unspecified atom stereocenters. The van der Waals surface area contributed by atoms with Crippen molar-refractivity contribution >= 4 is 32.8 Å². The molecule has 7 heteroatoms. The van der Waals surface area contributed by atoms with Gasteiger partial charge in [0.1, 0.15) is 11.4 Å². The van der Waals surface area contributed by atoms with E-state index in [2.05, 4.69) is 15.9 Å². The maximum absolute atomic E-state index is 13.0. The highest BCUT2D eigenvalue weighted by molar-refractivity contribution is 9.10. The second-order valence-corrected chi connectivity index (χ2v) is 3.78. The first-order valence-electron chi connectivity index (χ1n) is 3.49. The molecule has 0 amide bonds. The summed E-state index contributed by atoms with van der Waals surface area (Å²) in [6.07, 6.45) is -4.82. The molecular formula is C8H2BrClF4O. The summed E-state index contributed by atoms with van der Waals surface area (Å²) in [5.74, 6) is -1.54. The van der Waals surface area contributed by atoms with Gasteiger partial charge in [-0.15, -0.1) is 0 Å². The highest BCUT2D eigenvalue weighted by atomic mass is 79.9. The predicted molar refractivity (Wildman–Crippen MR) is 49.3 cm³/mol. The van der Waals surface area contributed by atoms with Crippen LogP contribution in [0.15, 0.2) is 16.6 Å². The molecule has 0 aliphatic rings. The maximum atomic E-state index is 13.0. The van der Waals surface area contributed by atoms with Crippen molar-refractivity contribution in [2.75, 3.05) is 0 Å². The van der Waals surface area contributed by atoms with Crippen molar-refractivity contribution in [2.24, 2.45) is 0 Å². The van der Waals surface area contributed by atoms with Crippen LogP contribution in [0.25, 0.3) is 0 Å². The van der Waals surface area contributed by atoms with E-state index in [1.165, 1.54) is 0 Å². The Morgan fingerprint density at radius 1 is 1.33 bits per heavy atom. The molecule has 0 saturated heterocycles. The van der Waals surface area contributed by atoms with Gasteiger partial charge in [0, 0.05) is 10.0 Å². The molecule has 1 aromatic carbocycles. The SMILES string of the molecule is O=C(Cl)c1cc(F)c(C(F)(F)F)c(Br)c1. The molecule has 0 saturated carbocycles. The van der Waals surface area contributed by atoms with Crippen molar-refractivity contribution in [2.45, 2.75) is 6.18 Å². The van der Waals surface area contributed by atoms with Gasteiger partial charge in [0.2, 0.25) is 0 Å². The first kappa shape index (κ1) is 12.4. The molecule has 0 radical (unpaired) electrons. The van der Waals surface area contributed by atoms with Crippen molar-refractivity contribution in [3.8, 4) is 0 Å². The summed E-state index contributed by atoms with van der Waals surface area (Å²) >= 11 is 7.54. The van der Waals surface area contributed by atoms with Gasteiger partial charge >= 0.3 is 6.18 Å². The fraction of sp³-hybridized carbons (Fsp3) is 0.125. The lowest BCUT2D eigenvalue weighted by molar-refractivity contribution is -0.140. The van der Waals surface area contributed by atoms with Gasteiger partial charge in [-0.2, -0.15) is 13.2 Å². The van der Waals surface area contributed by atoms with E-state index in [0.29, 0.717) is 6.07 Å². The molecular weight excluding hydrogens is 303 g/mol. The molecule has 1 rings (SSSR count). The Hall–Kier alpha value is -0.620. The number of alkyl halides is 3. The second-order valence-electron chi connectivity index (χ2n) is 2.59. The summed E-state index contributed by atoms with van der Waals surface area (Å²) in [5, 5.41) is -1.02. The van der Waals surface area contributed by atoms with E-state index in [4.69, 9.17) is 11.6 Å². The zero-order valence-electron chi connectivity index (χ0n) is 6.83. The van der Waals surface area contributed by atoms with Crippen LogP contribution in [0.5, 0.6) is 0 Å². The number of benzene rings is 1. The van der Waals surface area contributed by atoms with Crippen LogP contribution in [0.3, 0.4) is 0 Å². The number of hydrogen-bond donors (Lipinski definition) is 0. The Kier molecular flexibility index (Phi) is 3.40. The van der Waals surface area contributed by atoms with Crippen LogP contribution < -0.4 is 0 Å². The first-order chi connectivity index (χ1) is 6.73. The van der Waals surface area contributed by atoms with Crippen LogP contribution >= 0.6 is 27.5 Å². The maximum Gasteiger partial charge on any atom is 0.420 e. The van der Waals surface area contributed by atoms with E-state index < -0.39 is 27.3 Å². The monoisotopic (exact) mass is 304 g/mol. The Balaban J connectivity index is 3.41. The number of carbonyl (C=O) groups excluding carboxylic acids is 1. The van der Waals surface area contributed by atoms with E-state index in [9.17, 15) is 22.4 Å². The summed E-state index contributed by atoms with van der Waals surface area (Å²) in [7, 11) is 0. The minimum Gasteiger partial charge on any atom is -0.276 e. The molecule has 0 aliphatic carbocycles. The zero-order valence-corrected chi connectivity index (χ0v) is 9.17. The third-order valence-corrected chi connectivity index (χ3v) is 2.40. The predicted octanol–water partition coefficient (Wildman–Crippen LogP) is 3.99. The summed E-state index contributed by atoms with van der Waals surface area (Å²) in [6, 6.07) is 1.27. The highest BCUT2D eigenvalue weighted by Gasteiger charge is 2.37. The molecule has 0 atom stereocenters. The molecule has 0 fully saturated rings. The van der Waals surface area contributed by atoms with Crippen LogP contribution in [0.2, 0.25) is 0 Å². The average molecular weight is 305 g/mol. The lowest BCUT2D eigenvalue weighted by Gasteiger charge is -2.10. The normalized spacial score (nSPS) is 11.6. The summed E-state index contributed by atoms with van der Waals surface area (Å²) in [5.41, 5.74) is -1.79. The van der Waals surface area contributed by atoms with Crippen molar-refractivity contribution in [1.29, 1.82) is 0 Å². The Morgan fingerprint density at radius 2 is 1.87 bits per heavy atom. The van der Waals surface area contributed by atoms with E-state index in [-0.39, 0.29) is 5.56 Å². The second kappa shape index (κ2) is 4.09. The number of halogens is 6. The van der Waals surface area contributed by atoms with E-state index >= 15 is 0 Å². The first-order valence-corrected chi connectivity index (χ1v) is 4.66. The summed E-state index contributed by atoms with van der Waals surface area (Å²) in [4.78, 5) is 10.6. The van der Waals surface area contributed by atoms with Gasteiger partial charge in [-0.1, -0.05) is 15.9 Å². The quantitative estimate of drug-likeness (QED) is 0.566. The van der Waals surface area contributed by atoms with Crippen LogP contribution in [-0.2, 0) is 6.18 Å². The zero-order chi connectivity index (χ0) is 11.8. The van der Waals surface area contributed by atoms with Crippen LogP contribution in [0.1, 0.15) is 15.9 Å². The molecule has 15 heavy (non-hydrogen) atoms. The molecule has 0 N–H and O–H groups in total. The molecule has 82 valence electrons. The van der Waals surface area contributed by atoms with Crippen molar-refractivity contribution in [3.63, 3.8) is 0 Å². The van der Waals surface area contributed by atoms with Gasteiger partial charge in [-0.05, 0) is 23.7 Å². The van der Waals surface area contributed by atoms with Gasteiger partial charge in [0.05, 0.1) is 0 Å². The van der Waals surface area contributed by atoms with E-state index in [1.54, 1.807) is 0 Å². The Labute approximate surface area is 95.2 Å².